The second kappa shape index (κ2) is 14.1. The summed E-state index contributed by atoms with van der Waals surface area (Å²) in [6, 6.07) is 2.87. The van der Waals surface area contributed by atoms with Gasteiger partial charge >= 0.3 is 5.97 Å². The molecule has 1 aromatic rings. The summed E-state index contributed by atoms with van der Waals surface area (Å²) < 4.78 is 35.2. The van der Waals surface area contributed by atoms with Crippen molar-refractivity contribution in [3.8, 4) is 0 Å². The van der Waals surface area contributed by atoms with Crippen LogP contribution in [0.4, 0.5) is 5.69 Å². The first kappa shape index (κ1) is 31.6. The van der Waals surface area contributed by atoms with E-state index in [1.807, 2.05) is 13.0 Å². The minimum absolute atomic E-state index is 0.0517. The smallest absolute Gasteiger partial charge is 0.329 e. The number of rotatable bonds is 12. The van der Waals surface area contributed by atoms with E-state index in [0.717, 1.165) is 12.0 Å². The first-order valence-electron chi connectivity index (χ1n) is 13.6. The number of nitrogens with zero attached hydrogens (tertiary/aromatic N) is 2. The number of para-hydroxylation sites is 1. The zero-order valence-corrected chi connectivity index (χ0v) is 23.9. The van der Waals surface area contributed by atoms with Gasteiger partial charge in [-0.25, -0.2) is 13.2 Å². The largest absolute Gasteiger partial charge is 0.456 e. The molecular formula is C26H42N6O7S. The Bertz CT molecular complexity index is 1170. The standard InChI is InChI=1S/C26H42N6O7S/c1-16-8-10-32(21(12-16)25(36)39-19(14-33)15-34)24(35)20(6-4-9-29-26(27)28)31-40(37,38)22-7-3-5-18-11-17(2)13-30-23(18)22/h3,5,7,16-17,19-21,30-31,33-34H,4,6,8-15H2,1-2H3,(H4,27,28,29)/t16-,17?,20+,21-/m1/s1. The van der Waals surface area contributed by atoms with E-state index in [-0.39, 0.29) is 36.3 Å². The molecule has 1 amide bonds. The summed E-state index contributed by atoms with van der Waals surface area (Å²) in [5, 5.41) is 21.9. The lowest BCUT2D eigenvalue weighted by Crippen LogP contribution is -2.57. The molecule has 0 saturated carbocycles. The van der Waals surface area contributed by atoms with Crippen molar-refractivity contribution < 1.29 is 33.0 Å². The molecule has 2 aliphatic rings. The number of fused-ring (bicyclic) bond motifs is 1. The van der Waals surface area contributed by atoms with Crippen molar-refractivity contribution in [1.29, 1.82) is 0 Å². The van der Waals surface area contributed by atoms with Crippen molar-refractivity contribution >= 4 is 33.5 Å². The maximum Gasteiger partial charge on any atom is 0.329 e. The van der Waals surface area contributed by atoms with Crippen LogP contribution in [0.2, 0.25) is 0 Å². The second-order valence-electron chi connectivity index (χ2n) is 10.7. The van der Waals surface area contributed by atoms with Gasteiger partial charge in [-0.1, -0.05) is 26.0 Å². The van der Waals surface area contributed by atoms with E-state index in [4.69, 9.17) is 16.2 Å². The predicted octanol–water partition coefficient (Wildman–Crippen LogP) is -0.485. The van der Waals surface area contributed by atoms with Crippen LogP contribution in [-0.4, -0.2) is 92.4 Å². The van der Waals surface area contributed by atoms with Gasteiger partial charge in [0.2, 0.25) is 15.9 Å². The number of carbonyl (C=O) groups excluding carboxylic acids is 2. The van der Waals surface area contributed by atoms with Gasteiger partial charge in [-0.05, 0) is 55.6 Å². The third kappa shape index (κ3) is 8.05. The average Bonchev–Trinajstić information content (AvgIpc) is 2.92. The lowest BCUT2D eigenvalue weighted by Gasteiger charge is -2.39. The van der Waals surface area contributed by atoms with Gasteiger partial charge < -0.3 is 36.6 Å². The van der Waals surface area contributed by atoms with E-state index in [9.17, 15) is 28.2 Å². The summed E-state index contributed by atoms with van der Waals surface area (Å²) in [6.45, 7) is 3.91. The maximum atomic E-state index is 13.9. The molecule has 0 bridgehead atoms. The fraction of sp³-hybridized carbons (Fsp3) is 0.654. The van der Waals surface area contributed by atoms with Gasteiger partial charge in [0.15, 0.2) is 5.96 Å². The molecule has 1 saturated heterocycles. The molecule has 8 N–H and O–H groups in total. The highest BCUT2D eigenvalue weighted by Gasteiger charge is 2.40. The van der Waals surface area contributed by atoms with E-state index in [0.29, 0.717) is 37.4 Å². The maximum absolute atomic E-state index is 13.9. The normalized spacial score (nSPS) is 21.7. The van der Waals surface area contributed by atoms with Gasteiger partial charge in [0.1, 0.15) is 23.1 Å². The number of piperidine rings is 1. The molecule has 0 aromatic heterocycles. The van der Waals surface area contributed by atoms with Crippen LogP contribution in [0.15, 0.2) is 28.1 Å². The lowest BCUT2D eigenvalue weighted by molar-refractivity contribution is -0.166. The van der Waals surface area contributed by atoms with Gasteiger partial charge in [0.25, 0.3) is 0 Å². The molecule has 0 radical (unpaired) electrons. The Hall–Kier alpha value is -2.94. The first-order chi connectivity index (χ1) is 19.0. The topological polar surface area (TPSA) is 210 Å². The van der Waals surface area contributed by atoms with Crippen molar-refractivity contribution in [2.75, 3.05) is 38.2 Å². The fourth-order valence-electron chi connectivity index (χ4n) is 5.09. The van der Waals surface area contributed by atoms with Crippen LogP contribution in [-0.2, 0) is 30.8 Å². The highest BCUT2D eigenvalue weighted by Crippen LogP contribution is 2.32. The Morgan fingerprint density at radius 1 is 1.23 bits per heavy atom. The van der Waals surface area contributed by atoms with E-state index in [1.165, 1.54) is 11.0 Å². The molecule has 1 aromatic carbocycles. The SMILES string of the molecule is CC1CNc2c(cccc2S(=O)(=O)N[C@@H](CCCN=C(N)N)C(=O)N2CC[C@@H](C)C[C@@H]2C(=O)OC(CO)CO)C1. The molecule has 14 heteroatoms. The molecule has 3 rings (SSSR count). The summed E-state index contributed by atoms with van der Waals surface area (Å²) in [7, 11) is -4.16. The van der Waals surface area contributed by atoms with Crippen LogP contribution in [0.3, 0.4) is 0 Å². The number of sulfonamides is 1. The van der Waals surface area contributed by atoms with Crippen LogP contribution in [0.1, 0.15) is 45.1 Å². The number of aliphatic hydroxyl groups excluding tert-OH is 2. The van der Waals surface area contributed by atoms with Gasteiger partial charge in [0.05, 0.1) is 18.9 Å². The van der Waals surface area contributed by atoms with Crippen molar-refractivity contribution in [1.82, 2.24) is 9.62 Å². The summed E-state index contributed by atoms with van der Waals surface area (Å²) in [4.78, 5) is 32.2. The molecule has 4 atom stereocenters. The Labute approximate surface area is 235 Å². The highest BCUT2D eigenvalue weighted by molar-refractivity contribution is 7.89. The second-order valence-corrected chi connectivity index (χ2v) is 12.4. The Morgan fingerprint density at radius 2 is 1.95 bits per heavy atom. The number of aliphatic hydroxyl groups is 2. The number of nitrogens with one attached hydrogen (secondary N) is 2. The Morgan fingerprint density at radius 3 is 2.62 bits per heavy atom. The number of anilines is 1. The Kier molecular flexibility index (Phi) is 11.1. The number of hydrogen-bond acceptors (Lipinski definition) is 9. The number of carbonyl (C=O) groups is 2. The van der Waals surface area contributed by atoms with Crippen LogP contribution in [0.25, 0.3) is 0 Å². The van der Waals surface area contributed by atoms with Gasteiger partial charge in [0, 0.05) is 19.6 Å². The van der Waals surface area contributed by atoms with Crippen molar-refractivity contribution in [2.45, 2.75) is 69.0 Å². The summed E-state index contributed by atoms with van der Waals surface area (Å²) in [5.41, 5.74) is 12.2. The quantitative estimate of drug-likeness (QED) is 0.0806. The molecule has 0 spiro atoms. The molecule has 224 valence electrons. The molecule has 40 heavy (non-hydrogen) atoms. The molecule has 1 fully saturated rings. The number of esters is 1. The zero-order valence-electron chi connectivity index (χ0n) is 23.1. The van der Waals surface area contributed by atoms with Gasteiger partial charge in [-0.2, -0.15) is 4.72 Å². The minimum Gasteiger partial charge on any atom is -0.456 e. The first-order valence-corrected chi connectivity index (χ1v) is 15.1. The van der Waals surface area contributed by atoms with Crippen molar-refractivity contribution in [3.05, 3.63) is 23.8 Å². The van der Waals surface area contributed by atoms with Crippen molar-refractivity contribution in [2.24, 2.45) is 28.3 Å². The van der Waals surface area contributed by atoms with Crippen LogP contribution < -0.4 is 21.5 Å². The molecule has 0 aliphatic carbocycles. The van der Waals surface area contributed by atoms with E-state index >= 15 is 0 Å². The minimum atomic E-state index is -4.16. The number of aliphatic imine (C=N–C) groups is 1. The van der Waals surface area contributed by atoms with E-state index < -0.39 is 53.3 Å². The number of hydrogen-bond donors (Lipinski definition) is 6. The third-order valence-corrected chi connectivity index (χ3v) is 8.76. The highest BCUT2D eigenvalue weighted by atomic mass is 32.2. The summed E-state index contributed by atoms with van der Waals surface area (Å²) in [5.74, 6) is -0.999. The summed E-state index contributed by atoms with van der Waals surface area (Å²) in [6.07, 6.45) is 0.908. The predicted molar refractivity (Wildman–Crippen MR) is 150 cm³/mol. The average molecular weight is 583 g/mol. The molecule has 2 heterocycles. The van der Waals surface area contributed by atoms with Gasteiger partial charge in [-0.3, -0.25) is 9.79 Å². The monoisotopic (exact) mass is 582 g/mol. The number of nitrogens with two attached hydrogens (primary N) is 2. The summed E-state index contributed by atoms with van der Waals surface area (Å²) >= 11 is 0. The van der Waals surface area contributed by atoms with Crippen LogP contribution in [0, 0.1) is 11.8 Å². The molecule has 13 nitrogen and oxygen atoms in total. The number of likely N-dealkylation sites (tertiary alicyclic amines) is 1. The molecular weight excluding hydrogens is 540 g/mol. The number of benzene rings is 1. The fourth-order valence-corrected chi connectivity index (χ4v) is 6.54. The number of ether oxygens (including phenoxy) is 1. The number of amides is 1. The third-order valence-electron chi connectivity index (χ3n) is 7.25. The van der Waals surface area contributed by atoms with Gasteiger partial charge in [-0.15, -0.1) is 0 Å². The number of guanidine groups is 1. The Balaban J connectivity index is 1.89. The molecule has 2 aliphatic heterocycles. The zero-order chi connectivity index (χ0) is 29.4. The van der Waals surface area contributed by atoms with E-state index in [2.05, 4.69) is 22.0 Å². The lowest BCUT2D eigenvalue weighted by atomic mass is 9.91. The van der Waals surface area contributed by atoms with E-state index in [1.54, 1.807) is 6.07 Å². The molecule has 1 unspecified atom stereocenters. The van der Waals surface area contributed by atoms with Crippen molar-refractivity contribution in [3.63, 3.8) is 0 Å². The van der Waals surface area contributed by atoms with Crippen LogP contribution >= 0.6 is 0 Å². The van der Waals surface area contributed by atoms with Crippen LogP contribution in [0.5, 0.6) is 0 Å².